The van der Waals surface area contributed by atoms with Gasteiger partial charge in [0.15, 0.2) is 23.9 Å². The SMILES string of the molecule is CS(=O)(=O)Nc1ccc(COC(=O)CC(=O)OC(Cc2c(Cl)c[n+]([O-])cc2Cl)c2ccc(OC(F)F)c(OCC3CC3)c2)cc1OCC1CC1. The number of alkyl halides is 2. The Morgan fingerprint density at radius 2 is 1.58 bits per heavy atom. The molecule has 0 saturated heterocycles. The number of rotatable bonds is 18. The van der Waals surface area contributed by atoms with E-state index in [1.54, 1.807) is 12.1 Å². The van der Waals surface area contributed by atoms with Gasteiger partial charge in [-0.05, 0) is 72.9 Å². The average molecular weight is 760 g/mol. The highest BCUT2D eigenvalue weighted by molar-refractivity contribution is 7.92. The Kier molecular flexibility index (Phi) is 12.1. The van der Waals surface area contributed by atoms with E-state index in [2.05, 4.69) is 9.46 Å². The number of halogens is 4. The maximum atomic E-state index is 13.1. The van der Waals surface area contributed by atoms with Crippen LogP contribution in [0.2, 0.25) is 10.0 Å². The maximum absolute atomic E-state index is 13.1. The lowest BCUT2D eigenvalue weighted by Gasteiger charge is -2.21. The Labute approximate surface area is 297 Å². The van der Waals surface area contributed by atoms with Crippen LogP contribution in [0.25, 0.3) is 0 Å². The number of pyridine rings is 1. The van der Waals surface area contributed by atoms with Crippen molar-refractivity contribution in [2.45, 2.75) is 57.8 Å². The van der Waals surface area contributed by atoms with Gasteiger partial charge in [-0.1, -0.05) is 35.3 Å². The van der Waals surface area contributed by atoms with Crippen molar-refractivity contribution < 1.29 is 55.2 Å². The molecule has 1 N–H and O–H groups in total. The average Bonchev–Trinajstić information content (AvgIpc) is 3.95. The van der Waals surface area contributed by atoms with Gasteiger partial charge in [0.25, 0.3) is 0 Å². The molecule has 2 fully saturated rings. The smallest absolute Gasteiger partial charge is 0.387 e. The highest BCUT2D eigenvalue weighted by Gasteiger charge is 2.28. The first kappa shape index (κ1) is 37.2. The van der Waals surface area contributed by atoms with E-state index in [0.717, 1.165) is 44.3 Å². The zero-order chi connectivity index (χ0) is 36.0. The number of carbonyl (C=O) groups excluding carboxylic acids is 2. The molecule has 5 rings (SSSR count). The Morgan fingerprint density at radius 3 is 2.18 bits per heavy atom. The molecular formula is C33H34Cl2F2N2O10S. The monoisotopic (exact) mass is 758 g/mol. The van der Waals surface area contributed by atoms with E-state index in [-0.39, 0.29) is 69.7 Å². The Bertz CT molecular complexity index is 1800. The second-order valence-electron chi connectivity index (χ2n) is 12.1. The lowest BCUT2D eigenvalue weighted by Crippen LogP contribution is -2.26. The molecule has 0 amide bonds. The predicted molar refractivity (Wildman–Crippen MR) is 177 cm³/mol. The number of aromatic nitrogens is 1. The number of esters is 2. The third-order valence-corrected chi connectivity index (χ3v) is 8.89. The molecule has 2 aliphatic carbocycles. The molecule has 1 heterocycles. The largest absolute Gasteiger partial charge is 0.619 e. The molecule has 3 aromatic rings. The molecule has 0 bridgehead atoms. The van der Waals surface area contributed by atoms with Crippen molar-refractivity contribution in [1.29, 1.82) is 0 Å². The number of carbonyl (C=O) groups is 2. The Balaban J connectivity index is 1.29. The van der Waals surface area contributed by atoms with Crippen LogP contribution in [-0.4, -0.2) is 46.4 Å². The van der Waals surface area contributed by atoms with E-state index in [1.165, 1.54) is 24.3 Å². The fourth-order valence-corrected chi connectivity index (χ4v) is 5.91. The van der Waals surface area contributed by atoms with E-state index in [9.17, 15) is 32.0 Å². The molecule has 2 saturated carbocycles. The summed E-state index contributed by atoms with van der Waals surface area (Å²) in [5, 5.41) is 11.8. The maximum Gasteiger partial charge on any atom is 0.387 e. The van der Waals surface area contributed by atoms with Gasteiger partial charge in [-0.25, -0.2) is 8.42 Å². The summed E-state index contributed by atoms with van der Waals surface area (Å²) in [5.74, 6) is -1.20. The standard InChI is InChI=1S/C33H34Cl2F2N2O10S/c1-50(43,44)38-26-8-6-21(10-29(26)45-16-19-2-3-19)18-47-31(40)13-32(41)48-28(12-23-24(34)14-39(42)15-25(23)35)22-7-9-27(49-33(36)37)30(11-22)46-17-20-4-5-20/h6-11,14-15,19-20,28,33,38H,2-5,12-13,16-18H2,1H3. The number of nitrogens with one attached hydrogen (secondary N) is 1. The lowest BCUT2D eigenvalue weighted by molar-refractivity contribution is -0.605. The molecular weight excluding hydrogens is 725 g/mol. The van der Waals surface area contributed by atoms with Gasteiger partial charge in [0.2, 0.25) is 10.0 Å². The van der Waals surface area contributed by atoms with E-state index in [4.69, 9.17) is 42.1 Å². The summed E-state index contributed by atoms with van der Waals surface area (Å²) in [6.07, 6.45) is 4.92. The fourth-order valence-electron chi connectivity index (χ4n) is 4.75. The number of ether oxygens (including phenoxy) is 5. The van der Waals surface area contributed by atoms with Crippen molar-refractivity contribution in [3.8, 4) is 17.2 Å². The topological polar surface area (TPSA) is 153 Å². The van der Waals surface area contributed by atoms with Gasteiger partial charge in [0, 0.05) is 12.0 Å². The van der Waals surface area contributed by atoms with Crippen LogP contribution >= 0.6 is 23.2 Å². The van der Waals surface area contributed by atoms with Gasteiger partial charge >= 0.3 is 18.6 Å². The minimum Gasteiger partial charge on any atom is -0.619 e. The number of anilines is 1. The van der Waals surface area contributed by atoms with Gasteiger partial charge in [0.05, 0.1) is 25.2 Å². The Morgan fingerprint density at radius 1 is 0.940 bits per heavy atom. The summed E-state index contributed by atoms with van der Waals surface area (Å²) in [7, 11) is -3.58. The third-order valence-electron chi connectivity index (χ3n) is 7.65. The molecule has 17 heteroatoms. The molecule has 2 aliphatic rings. The molecule has 0 radical (unpaired) electrons. The van der Waals surface area contributed by atoms with Crippen molar-refractivity contribution in [2.24, 2.45) is 11.8 Å². The van der Waals surface area contributed by atoms with Crippen molar-refractivity contribution >= 4 is 50.9 Å². The molecule has 50 heavy (non-hydrogen) atoms. The van der Waals surface area contributed by atoms with E-state index in [0.29, 0.717) is 22.8 Å². The van der Waals surface area contributed by atoms with E-state index >= 15 is 0 Å². The molecule has 1 atom stereocenters. The van der Waals surface area contributed by atoms with Crippen molar-refractivity contribution in [3.05, 3.63) is 80.7 Å². The van der Waals surface area contributed by atoms with Gasteiger partial charge in [-0.2, -0.15) is 13.5 Å². The number of nitrogens with zero attached hydrogens (tertiary/aromatic N) is 1. The van der Waals surface area contributed by atoms with Crippen molar-refractivity contribution in [3.63, 3.8) is 0 Å². The molecule has 270 valence electrons. The van der Waals surface area contributed by atoms with Crippen molar-refractivity contribution in [1.82, 2.24) is 0 Å². The third kappa shape index (κ3) is 11.5. The zero-order valence-electron chi connectivity index (χ0n) is 26.7. The molecule has 2 aromatic carbocycles. The van der Waals surface area contributed by atoms with Gasteiger partial charge in [-0.3, -0.25) is 14.3 Å². The van der Waals surface area contributed by atoms with E-state index < -0.39 is 41.1 Å². The number of hydrogen-bond acceptors (Lipinski definition) is 10. The summed E-state index contributed by atoms with van der Waals surface area (Å²) in [6.45, 7) is -2.70. The second kappa shape index (κ2) is 16.3. The summed E-state index contributed by atoms with van der Waals surface area (Å²) < 4.78 is 79.8. The quantitative estimate of drug-likeness (QED) is 0.0693. The van der Waals surface area contributed by atoms with Crippen LogP contribution in [-0.2, 0) is 42.1 Å². The first-order chi connectivity index (χ1) is 23.7. The minimum absolute atomic E-state index is 0.00366. The lowest BCUT2D eigenvalue weighted by atomic mass is 10.0. The number of hydrogen-bond donors (Lipinski definition) is 1. The minimum atomic E-state index is -3.58. The summed E-state index contributed by atoms with van der Waals surface area (Å²) >= 11 is 12.6. The van der Waals surface area contributed by atoms with Crippen LogP contribution in [0, 0.1) is 17.0 Å². The van der Waals surface area contributed by atoms with Crippen LogP contribution < -0.4 is 23.7 Å². The van der Waals surface area contributed by atoms with Crippen LogP contribution in [0.3, 0.4) is 0 Å². The first-order valence-corrected chi connectivity index (χ1v) is 18.2. The van der Waals surface area contributed by atoms with Crippen LogP contribution in [0.5, 0.6) is 17.2 Å². The molecule has 12 nitrogen and oxygen atoms in total. The summed E-state index contributed by atoms with van der Waals surface area (Å²) in [6, 6.07) is 8.60. The van der Waals surface area contributed by atoms with Crippen LogP contribution in [0.1, 0.15) is 54.9 Å². The van der Waals surface area contributed by atoms with Crippen LogP contribution in [0.4, 0.5) is 14.5 Å². The molecule has 0 spiro atoms. The normalized spacial score (nSPS) is 14.9. The summed E-state index contributed by atoms with van der Waals surface area (Å²) in [4.78, 5) is 25.8. The van der Waals surface area contributed by atoms with Gasteiger partial charge in [-0.15, -0.1) is 0 Å². The predicted octanol–water partition coefficient (Wildman–Crippen LogP) is 6.14. The highest BCUT2D eigenvalue weighted by Crippen LogP contribution is 2.38. The highest BCUT2D eigenvalue weighted by atomic mass is 35.5. The van der Waals surface area contributed by atoms with Gasteiger partial charge < -0.3 is 28.9 Å². The molecule has 1 unspecified atom stereocenters. The number of sulfonamides is 1. The number of benzene rings is 2. The molecule has 1 aromatic heterocycles. The van der Waals surface area contributed by atoms with Gasteiger partial charge in [0.1, 0.15) is 34.9 Å². The van der Waals surface area contributed by atoms with E-state index in [1.807, 2.05) is 0 Å². The fraction of sp³-hybridized carbons (Fsp3) is 0.424. The molecule has 0 aliphatic heterocycles. The Hall–Kier alpha value is -4.08. The first-order valence-electron chi connectivity index (χ1n) is 15.6. The second-order valence-corrected chi connectivity index (χ2v) is 14.7. The van der Waals surface area contributed by atoms with Crippen molar-refractivity contribution in [2.75, 3.05) is 24.2 Å². The summed E-state index contributed by atoms with van der Waals surface area (Å²) in [5.41, 5.74) is 1.24. The van der Waals surface area contributed by atoms with Crippen LogP contribution in [0.15, 0.2) is 48.8 Å². The zero-order valence-corrected chi connectivity index (χ0v) is 29.1.